The number of hydrogen-bond acceptors (Lipinski definition) is 4. The van der Waals surface area contributed by atoms with Crippen molar-refractivity contribution < 1.29 is 13.2 Å². The van der Waals surface area contributed by atoms with E-state index in [9.17, 15) is 13.2 Å². The van der Waals surface area contributed by atoms with Crippen molar-refractivity contribution in [1.82, 2.24) is 4.57 Å². The quantitative estimate of drug-likeness (QED) is 0.634. The Hall–Kier alpha value is -2.69. The lowest BCUT2D eigenvalue weighted by atomic mass is 10.2. The molecule has 1 amide bonds. The summed E-state index contributed by atoms with van der Waals surface area (Å²) >= 11 is 1.36. The molecule has 2 aromatic carbocycles. The molecule has 0 aliphatic heterocycles. The van der Waals surface area contributed by atoms with Crippen molar-refractivity contribution in [3.8, 4) is 12.3 Å². The molecule has 0 bridgehead atoms. The number of thiazole rings is 1. The number of carbonyl (C=O) groups excluding carboxylic acids is 1. The van der Waals surface area contributed by atoms with E-state index in [0.29, 0.717) is 4.80 Å². The first-order valence-corrected chi connectivity index (χ1v) is 10.7. The molecular weight excluding hydrogens is 380 g/mol. The standard InChI is InChI=1S/C20H18N2O3S2/c1-4-12-22-17-10-5-6-11-18(17)26-20(22)21-19(23)15-8-7-9-16(13-15)27(24,25)14(2)3/h1,5-11,13-14H,12H2,2-3H3. The monoisotopic (exact) mass is 398 g/mol. The van der Waals surface area contributed by atoms with E-state index in [4.69, 9.17) is 6.42 Å². The zero-order chi connectivity index (χ0) is 19.6. The van der Waals surface area contributed by atoms with Crippen LogP contribution < -0.4 is 4.80 Å². The topological polar surface area (TPSA) is 68.5 Å². The number of sulfone groups is 1. The molecule has 7 heteroatoms. The molecule has 0 unspecified atom stereocenters. The lowest BCUT2D eigenvalue weighted by Crippen LogP contribution is -2.17. The summed E-state index contributed by atoms with van der Waals surface area (Å²) in [6.07, 6.45) is 5.46. The first-order valence-electron chi connectivity index (χ1n) is 8.29. The highest BCUT2D eigenvalue weighted by Crippen LogP contribution is 2.19. The average molecular weight is 399 g/mol. The van der Waals surface area contributed by atoms with Gasteiger partial charge in [0.05, 0.1) is 26.9 Å². The van der Waals surface area contributed by atoms with Crippen LogP contribution in [0.1, 0.15) is 24.2 Å². The Bertz CT molecular complexity index is 1230. The second-order valence-corrected chi connectivity index (χ2v) is 9.69. The molecule has 0 atom stereocenters. The van der Waals surface area contributed by atoms with Crippen molar-refractivity contribution in [2.24, 2.45) is 4.99 Å². The summed E-state index contributed by atoms with van der Waals surface area (Å²) in [6, 6.07) is 13.6. The number of aromatic nitrogens is 1. The number of terminal acetylenes is 1. The Balaban J connectivity index is 2.10. The molecule has 138 valence electrons. The maximum atomic E-state index is 12.7. The number of benzene rings is 2. The molecule has 0 saturated carbocycles. The molecule has 0 saturated heterocycles. The van der Waals surface area contributed by atoms with E-state index in [1.54, 1.807) is 30.5 Å². The second kappa shape index (κ2) is 7.51. The number of amides is 1. The van der Waals surface area contributed by atoms with E-state index in [1.165, 1.54) is 23.5 Å². The van der Waals surface area contributed by atoms with Gasteiger partial charge in [0.15, 0.2) is 14.6 Å². The van der Waals surface area contributed by atoms with E-state index < -0.39 is 21.0 Å². The van der Waals surface area contributed by atoms with Gasteiger partial charge in [-0.3, -0.25) is 4.79 Å². The third-order valence-electron chi connectivity index (χ3n) is 4.06. The van der Waals surface area contributed by atoms with Gasteiger partial charge in [-0.2, -0.15) is 4.99 Å². The largest absolute Gasteiger partial charge is 0.305 e. The minimum Gasteiger partial charge on any atom is -0.305 e. The fourth-order valence-corrected chi connectivity index (χ4v) is 4.71. The zero-order valence-electron chi connectivity index (χ0n) is 14.9. The van der Waals surface area contributed by atoms with Gasteiger partial charge in [-0.15, -0.1) is 6.42 Å². The van der Waals surface area contributed by atoms with Gasteiger partial charge in [0.2, 0.25) is 0 Å². The molecule has 27 heavy (non-hydrogen) atoms. The summed E-state index contributed by atoms with van der Waals surface area (Å²) in [6.45, 7) is 3.50. The van der Waals surface area contributed by atoms with Gasteiger partial charge in [0.1, 0.15) is 0 Å². The van der Waals surface area contributed by atoms with Crippen molar-refractivity contribution in [1.29, 1.82) is 0 Å². The summed E-state index contributed by atoms with van der Waals surface area (Å²) in [5, 5.41) is -0.569. The number of carbonyl (C=O) groups is 1. The Morgan fingerprint density at radius 3 is 2.67 bits per heavy atom. The highest BCUT2D eigenvalue weighted by atomic mass is 32.2. The molecule has 5 nitrogen and oxygen atoms in total. The van der Waals surface area contributed by atoms with Crippen molar-refractivity contribution in [3.05, 3.63) is 58.9 Å². The first kappa shape index (κ1) is 19.1. The molecule has 3 aromatic rings. The van der Waals surface area contributed by atoms with Gasteiger partial charge >= 0.3 is 0 Å². The molecule has 0 aliphatic rings. The normalized spacial score (nSPS) is 12.4. The minimum absolute atomic E-state index is 0.117. The minimum atomic E-state index is -3.47. The predicted octanol–water partition coefficient (Wildman–Crippen LogP) is 3.26. The lowest BCUT2D eigenvalue weighted by Gasteiger charge is -2.08. The summed E-state index contributed by atoms with van der Waals surface area (Å²) in [5.74, 6) is 2.07. The third kappa shape index (κ3) is 3.72. The molecular formula is C20H18N2O3S2. The lowest BCUT2D eigenvalue weighted by molar-refractivity contribution is 0.0997. The van der Waals surface area contributed by atoms with Gasteiger partial charge in [-0.25, -0.2) is 8.42 Å². The molecule has 0 fully saturated rings. The number of hydrogen-bond donors (Lipinski definition) is 0. The second-order valence-electron chi connectivity index (χ2n) is 6.18. The van der Waals surface area contributed by atoms with Gasteiger partial charge in [-0.1, -0.05) is 35.5 Å². The smallest absolute Gasteiger partial charge is 0.279 e. The Morgan fingerprint density at radius 1 is 1.22 bits per heavy atom. The summed E-state index contributed by atoms with van der Waals surface area (Å²) in [5.41, 5.74) is 1.13. The highest BCUT2D eigenvalue weighted by molar-refractivity contribution is 7.92. The molecule has 0 N–H and O–H groups in total. The van der Waals surface area contributed by atoms with Crippen LogP contribution in [0.25, 0.3) is 10.2 Å². The molecule has 1 aromatic heterocycles. The van der Waals surface area contributed by atoms with Crippen LogP contribution in [0.4, 0.5) is 0 Å². The van der Waals surface area contributed by atoms with Gasteiger partial charge in [-0.05, 0) is 44.2 Å². The van der Waals surface area contributed by atoms with Crippen molar-refractivity contribution in [3.63, 3.8) is 0 Å². The predicted molar refractivity (Wildman–Crippen MR) is 107 cm³/mol. The van der Waals surface area contributed by atoms with Crippen LogP contribution >= 0.6 is 11.3 Å². The Labute approximate surface area is 161 Å². The molecule has 0 aliphatic carbocycles. The number of rotatable bonds is 4. The van der Waals surface area contributed by atoms with Crippen LogP contribution in [0.5, 0.6) is 0 Å². The molecule has 0 spiro atoms. The SMILES string of the molecule is C#CCn1c(=NC(=O)c2cccc(S(=O)(=O)C(C)C)c2)sc2ccccc21. The van der Waals surface area contributed by atoms with Crippen molar-refractivity contribution >= 4 is 37.3 Å². The van der Waals surface area contributed by atoms with Gasteiger partial charge < -0.3 is 4.57 Å². The number of fused-ring (bicyclic) bond motifs is 1. The van der Waals surface area contributed by atoms with Crippen molar-refractivity contribution in [2.75, 3.05) is 0 Å². The van der Waals surface area contributed by atoms with E-state index in [-0.39, 0.29) is 17.0 Å². The highest BCUT2D eigenvalue weighted by Gasteiger charge is 2.20. The van der Waals surface area contributed by atoms with Crippen LogP contribution in [0.15, 0.2) is 58.4 Å². The molecule has 3 rings (SSSR count). The number of nitrogens with zero attached hydrogens (tertiary/aromatic N) is 2. The zero-order valence-corrected chi connectivity index (χ0v) is 16.5. The summed E-state index contributed by atoms with van der Waals surface area (Å²) in [4.78, 5) is 17.5. The van der Waals surface area contributed by atoms with E-state index in [2.05, 4.69) is 10.9 Å². The van der Waals surface area contributed by atoms with Crippen LogP contribution in [-0.4, -0.2) is 24.1 Å². The maximum absolute atomic E-state index is 12.7. The summed E-state index contributed by atoms with van der Waals surface area (Å²) < 4.78 is 27.5. The van der Waals surface area contributed by atoms with Crippen molar-refractivity contribution in [2.45, 2.75) is 30.5 Å². The van der Waals surface area contributed by atoms with Crippen LogP contribution in [0.2, 0.25) is 0 Å². The molecule has 1 heterocycles. The van der Waals surface area contributed by atoms with Crippen LogP contribution in [0.3, 0.4) is 0 Å². The van der Waals surface area contributed by atoms with Gasteiger partial charge in [0, 0.05) is 5.56 Å². The fourth-order valence-electron chi connectivity index (χ4n) is 2.58. The van der Waals surface area contributed by atoms with E-state index in [0.717, 1.165) is 10.2 Å². The van der Waals surface area contributed by atoms with Crippen LogP contribution in [0, 0.1) is 12.3 Å². The van der Waals surface area contributed by atoms with Crippen LogP contribution in [-0.2, 0) is 16.4 Å². The summed E-state index contributed by atoms with van der Waals surface area (Å²) in [7, 11) is -3.47. The van der Waals surface area contributed by atoms with E-state index >= 15 is 0 Å². The van der Waals surface area contributed by atoms with Gasteiger partial charge in [0.25, 0.3) is 5.91 Å². The molecule has 0 radical (unpaired) electrons. The van der Waals surface area contributed by atoms with E-state index in [1.807, 2.05) is 24.3 Å². The Kier molecular flexibility index (Phi) is 5.31. The fraction of sp³-hybridized carbons (Fsp3) is 0.200. The maximum Gasteiger partial charge on any atom is 0.279 e. The third-order valence-corrected chi connectivity index (χ3v) is 7.28. The number of para-hydroxylation sites is 1. The Morgan fingerprint density at radius 2 is 1.96 bits per heavy atom. The average Bonchev–Trinajstić information content (AvgIpc) is 2.99. The first-order chi connectivity index (χ1) is 12.8.